The van der Waals surface area contributed by atoms with E-state index in [0.29, 0.717) is 25.3 Å². The maximum Gasteiger partial charge on any atom is 0.270 e. The highest BCUT2D eigenvalue weighted by atomic mass is 16.2. The predicted molar refractivity (Wildman–Crippen MR) is 97.4 cm³/mol. The van der Waals surface area contributed by atoms with Crippen LogP contribution in [0.1, 0.15) is 49.5 Å². The molecule has 0 spiro atoms. The van der Waals surface area contributed by atoms with Crippen LogP contribution in [-0.4, -0.2) is 76.8 Å². The van der Waals surface area contributed by atoms with E-state index in [0.717, 1.165) is 26.1 Å². The first-order valence-corrected chi connectivity index (χ1v) is 9.62. The molecule has 2 aliphatic heterocycles. The molecular weight excluding hydrogens is 316 g/mol. The van der Waals surface area contributed by atoms with Crippen molar-refractivity contribution >= 4 is 11.8 Å². The molecule has 0 radical (unpaired) electrons. The zero-order valence-electron chi connectivity index (χ0n) is 15.2. The van der Waals surface area contributed by atoms with Crippen LogP contribution in [0.3, 0.4) is 0 Å². The number of nitrogens with one attached hydrogen (secondary N) is 1. The lowest BCUT2D eigenvalue weighted by Gasteiger charge is -2.31. The van der Waals surface area contributed by atoms with Gasteiger partial charge in [-0.1, -0.05) is 12.8 Å². The van der Waals surface area contributed by atoms with E-state index in [-0.39, 0.29) is 17.9 Å². The van der Waals surface area contributed by atoms with Crippen molar-refractivity contribution in [1.82, 2.24) is 19.7 Å². The minimum Gasteiger partial charge on any atom is -0.357 e. The number of hydrogen-bond acceptors (Lipinski definition) is 3. The minimum atomic E-state index is -0.0521. The molecule has 6 nitrogen and oxygen atoms in total. The van der Waals surface area contributed by atoms with Gasteiger partial charge in [0.05, 0.1) is 6.04 Å². The Kier molecular flexibility index (Phi) is 6.13. The SMILES string of the molecule is CC(C(=O)N1CCCN(C(=O)c2ccc[nH]2)CC1)N1CCCCCC1. The van der Waals surface area contributed by atoms with Crippen molar-refractivity contribution in [2.75, 3.05) is 39.3 Å². The van der Waals surface area contributed by atoms with Crippen LogP contribution < -0.4 is 0 Å². The smallest absolute Gasteiger partial charge is 0.270 e. The number of H-pyrrole nitrogens is 1. The Morgan fingerprint density at radius 2 is 1.60 bits per heavy atom. The second-order valence-corrected chi connectivity index (χ2v) is 7.18. The van der Waals surface area contributed by atoms with Gasteiger partial charge in [0, 0.05) is 32.4 Å². The van der Waals surface area contributed by atoms with Crippen LogP contribution in [0.5, 0.6) is 0 Å². The average Bonchev–Trinajstić information content (AvgIpc) is 2.88. The largest absolute Gasteiger partial charge is 0.357 e. The molecule has 1 unspecified atom stereocenters. The normalized spacial score (nSPS) is 21.5. The third-order valence-corrected chi connectivity index (χ3v) is 5.47. The fourth-order valence-corrected chi connectivity index (χ4v) is 3.88. The van der Waals surface area contributed by atoms with E-state index in [4.69, 9.17) is 0 Å². The molecule has 1 N–H and O–H groups in total. The van der Waals surface area contributed by atoms with Gasteiger partial charge in [0.2, 0.25) is 5.91 Å². The monoisotopic (exact) mass is 346 g/mol. The molecule has 1 aromatic rings. The molecule has 0 aliphatic carbocycles. The molecule has 0 saturated carbocycles. The fraction of sp³-hybridized carbons (Fsp3) is 0.684. The van der Waals surface area contributed by atoms with Crippen molar-refractivity contribution in [1.29, 1.82) is 0 Å². The number of nitrogens with zero attached hydrogens (tertiary/aromatic N) is 3. The zero-order valence-corrected chi connectivity index (χ0v) is 15.2. The molecule has 1 atom stereocenters. The third-order valence-electron chi connectivity index (χ3n) is 5.47. The number of carbonyl (C=O) groups is 2. The number of rotatable bonds is 3. The molecule has 3 heterocycles. The molecule has 3 rings (SSSR count). The lowest BCUT2D eigenvalue weighted by Crippen LogP contribution is -2.48. The summed E-state index contributed by atoms with van der Waals surface area (Å²) in [6.07, 6.45) is 7.54. The van der Waals surface area contributed by atoms with Crippen LogP contribution in [0, 0.1) is 0 Å². The van der Waals surface area contributed by atoms with Gasteiger partial charge >= 0.3 is 0 Å². The van der Waals surface area contributed by atoms with Gasteiger partial charge in [-0.3, -0.25) is 14.5 Å². The number of likely N-dealkylation sites (tertiary alicyclic amines) is 1. The van der Waals surface area contributed by atoms with Crippen LogP contribution in [0.2, 0.25) is 0 Å². The molecule has 138 valence electrons. The Hall–Kier alpha value is -1.82. The Balaban J connectivity index is 1.56. The lowest BCUT2D eigenvalue weighted by molar-refractivity contribution is -0.136. The highest BCUT2D eigenvalue weighted by Gasteiger charge is 2.29. The molecule has 2 aliphatic rings. The zero-order chi connectivity index (χ0) is 17.6. The van der Waals surface area contributed by atoms with Crippen LogP contribution in [0.4, 0.5) is 0 Å². The van der Waals surface area contributed by atoms with E-state index in [2.05, 4.69) is 9.88 Å². The molecule has 0 bridgehead atoms. The molecule has 25 heavy (non-hydrogen) atoms. The summed E-state index contributed by atoms with van der Waals surface area (Å²) < 4.78 is 0. The molecule has 2 saturated heterocycles. The summed E-state index contributed by atoms with van der Waals surface area (Å²) in [6, 6.07) is 3.59. The summed E-state index contributed by atoms with van der Waals surface area (Å²) in [5, 5.41) is 0. The quantitative estimate of drug-likeness (QED) is 0.910. The number of aromatic amines is 1. The van der Waals surface area contributed by atoms with E-state index in [1.807, 2.05) is 22.8 Å². The van der Waals surface area contributed by atoms with Gasteiger partial charge in [-0.25, -0.2) is 0 Å². The van der Waals surface area contributed by atoms with Crippen molar-refractivity contribution in [3.8, 4) is 0 Å². The van der Waals surface area contributed by atoms with Crippen molar-refractivity contribution in [2.24, 2.45) is 0 Å². The van der Waals surface area contributed by atoms with E-state index in [1.165, 1.54) is 25.7 Å². The lowest BCUT2D eigenvalue weighted by atomic mass is 10.2. The summed E-state index contributed by atoms with van der Waals surface area (Å²) in [6.45, 7) is 6.78. The average molecular weight is 346 g/mol. The van der Waals surface area contributed by atoms with Crippen molar-refractivity contribution in [3.05, 3.63) is 24.0 Å². The van der Waals surface area contributed by atoms with Gasteiger partial charge in [0.1, 0.15) is 5.69 Å². The Morgan fingerprint density at radius 3 is 2.28 bits per heavy atom. The first-order chi connectivity index (χ1) is 12.2. The Morgan fingerprint density at radius 1 is 0.920 bits per heavy atom. The highest BCUT2D eigenvalue weighted by molar-refractivity contribution is 5.92. The summed E-state index contributed by atoms with van der Waals surface area (Å²) in [7, 11) is 0. The number of aromatic nitrogens is 1. The topological polar surface area (TPSA) is 59.7 Å². The summed E-state index contributed by atoms with van der Waals surface area (Å²) >= 11 is 0. The van der Waals surface area contributed by atoms with E-state index in [1.54, 1.807) is 12.3 Å². The van der Waals surface area contributed by atoms with Crippen LogP contribution in [-0.2, 0) is 4.79 Å². The fourth-order valence-electron chi connectivity index (χ4n) is 3.88. The summed E-state index contributed by atoms with van der Waals surface area (Å²) in [5.74, 6) is 0.246. The maximum atomic E-state index is 12.9. The van der Waals surface area contributed by atoms with E-state index in [9.17, 15) is 9.59 Å². The number of hydrogen-bond donors (Lipinski definition) is 1. The van der Waals surface area contributed by atoms with Crippen LogP contribution in [0.15, 0.2) is 18.3 Å². The van der Waals surface area contributed by atoms with Crippen LogP contribution in [0.25, 0.3) is 0 Å². The van der Waals surface area contributed by atoms with Gasteiger partial charge in [-0.05, 0) is 51.4 Å². The molecule has 0 aromatic carbocycles. The number of amides is 2. The van der Waals surface area contributed by atoms with Gasteiger partial charge in [-0.15, -0.1) is 0 Å². The molecule has 2 amide bonds. The molecular formula is C19H30N4O2. The van der Waals surface area contributed by atoms with Crippen molar-refractivity contribution < 1.29 is 9.59 Å². The van der Waals surface area contributed by atoms with Gasteiger partial charge in [-0.2, -0.15) is 0 Å². The Bertz CT molecular complexity index is 564. The first-order valence-electron chi connectivity index (χ1n) is 9.62. The standard InChI is InChI=1S/C19H30N4O2/c1-16(21-10-4-2-3-5-11-21)18(24)22-12-7-13-23(15-14-22)19(25)17-8-6-9-20-17/h6,8-9,16,20H,2-5,7,10-15H2,1H3. The van der Waals surface area contributed by atoms with Crippen LogP contribution >= 0.6 is 0 Å². The van der Waals surface area contributed by atoms with Gasteiger partial charge in [0.25, 0.3) is 5.91 Å². The van der Waals surface area contributed by atoms with Gasteiger partial charge in [0.15, 0.2) is 0 Å². The maximum absolute atomic E-state index is 12.9. The number of carbonyl (C=O) groups excluding carboxylic acids is 2. The van der Waals surface area contributed by atoms with Crippen molar-refractivity contribution in [2.45, 2.75) is 45.1 Å². The Labute approximate surface area is 150 Å². The van der Waals surface area contributed by atoms with Crippen molar-refractivity contribution in [3.63, 3.8) is 0 Å². The highest BCUT2D eigenvalue weighted by Crippen LogP contribution is 2.15. The second-order valence-electron chi connectivity index (χ2n) is 7.18. The first kappa shape index (κ1) is 18.0. The van der Waals surface area contributed by atoms with Gasteiger partial charge < -0.3 is 14.8 Å². The summed E-state index contributed by atoms with van der Waals surface area (Å²) in [4.78, 5) is 34.6. The van der Waals surface area contributed by atoms with E-state index >= 15 is 0 Å². The second kappa shape index (κ2) is 8.52. The molecule has 6 heteroatoms. The predicted octanol–water partition coefficient (Wildman–Crippen LogP) is 1.95. The molecule has 2 fully saturated rings. The summed E-state index contributed by atoms with van der Waals surface area (Å²) in [5.41, 5.74) is 0.623. The minimum absolute atomic E-state index is 0.0277. The molecule has 1 aromatic heterocycles. The third kappa shape index (κ3) is 4.42. The van der Waals surface area contributed by atoms with E-state index < -0.39 is 0 Å².